The lowest BCUT2D eigenvalue weighted by atomic mass is 10.3. The molecule has 1 amide bonds. The maximum absolute atomic E-state index is 11.7. The number of halogens is 3. The van der Waals surface area contributed by atoms with Crippen LogP contribution in [0.1, 0.15) is 13.8 Å². The number of nitrogens with one attached hydrogen (secondary N) is 1. The molecule has 0 rings (SSSR count). The average molecular weight is 211 g/mol. The summed E-state index contributed by atoms with van der Waals surface area (Å²) in [6.45, 7) is 2.45. The van der Waals surface area contributed by atoms with Crippen molar-refractivity contribution in [3.63, 3.8) is 0 Å². The largest absolute Gasteiger partial charge is 0.416 e. The Labute approximate surface area is 79.6 Å². The van der Waals surface area contributed by atoms with Gasteiger partial charge in [-0.3, -0.25) is 4.79 Å². The monoisotopic (exact) mass is 211 g/mol. The zero-order chi connectivity index (χ0) is 11.4. The van der Waals surface area contributed by atoms with E-state index in [-0.39, 0.29) is 0 Å². The summed E-state index contributed by atoms with van der Waals surface area (Å²) in [7, 11) is 0. The summed E-state index contributed by atoms with van der Waals surface area (Å²) in [6.07, 6.45) is -6.06. The van der Waals surface area contributed by atoms with Gasteiger partial charge >= 0.3 is 6.18 Å². The Morgan fingerprint density at radius 1 is 1.50 bits per heavy atom. The van der Waals surface area contributed by atoms with Crippen LogP contribution < -0.4 is 5.32 Å². The molecular formula is C8H12F3NO2. The van der Waals surface area contributed by atoms with Crippen molar-refractivity contribution in [2.75, 3.05) is 6.54 Å². The van der Waals surface area contributed by atoms with Gasteiger partial charge in [0.15, 0.2) is 6.10 Å². The van der Waals surface area contributed by atoms with Gasteiger partial charge in [0.25, 0.3) is 0 Å². The van der Waals surface area contributed by atoms with Crippen molar-refractivity contribution < 1.29 is 23.1 Å². The number of aliphatic hydroxyl groups is 1. The van der Waals surface area contributed by atoms with E-state index in [1.165, 1.54) is 0 Å². The minimum absolute atomic E-state index is 0.645. The third-order valence-corrected chi connectivity index (χ3v) is 1.27. The Morgan fingerprint density at radius 3 is 2.36 bits per heavy atom. The first-order valence-corrected chi connectivity index (χ1v) is 3.91. The Morgan fingerprint density at radius 2 is 2.00 bits per heavy atom. The number of hydrogen-bond acceptors (Lipinski definition) is 2. The molecule has 6 heteroatoms. The van der Waals surface area contributed by atoms with E-state index in [4.69, 9.17) is 5.11 Å². The minimum Gasteiger partial charge on any atom is -0.382 e. The summed E-state index contributed by atoms with van der Waals surface area (Å²) in [5, 5.41) is 10.4. The predicted molar refractivity (Wildman–Crippen MR) is 44.5 cm³/mol. The van der Waals surface area contributed by atoms with Crippen LogP contribution in [0.15, 0.2) is 11.6 Å². The van der Waals surface area contributed by atoms with Crippen LogP contribution in [-0.2, 0) is 4.79 Å². The number of amides is 1. The molecule has 0 aliphatic heterocycles. The molecule has 2 N–H and O–H groups in total. The molecule has 3 nitrogen and oxygen atoms in total. The molecule has 0 aliphatic rings. The maximum atomic E-state index is 11.7. The summed E-state index contributed by atoms with van der Waals surface area (Å²) in [5.74, 6) is -0.645. The zero-order valence-corrected chi connectivity index (χ0v) is 7.85. The smallest absolute Gasteiger partial charge is 0.382 e. The van der Waals surface area contributed by atoms with Crippen molar-refractivity contribution in [1.82, 2.24) is 5.32 Å². The van der Waals surface area contributed by atoms with Gasteiger partial charge in [0, 0.05) is 6.08 Å². The van der Waals surface area contributed by atoms with E-state index in [1.54, 1.807) is 13.8 Å². The first-order valence-electron chi connectivity index (χ1n) is 3.91. The van der Waals surface area contributed by atoms with Crippen molar-refractivity contribution in [2.24, 2.45) is 0 Å². The lowest BCUT2D eigenvalue weighted by Crippen LogP contribution is -2.40. The van der Waals surface area contributed by atoms with Crippen molar-refractivity contribution in [3.8, 4) is 0 Å². The third kappa shape index (κ3) is 5.58. The summed E-state index contributed by atoms with van der Waals surface area (Å²) < 4.78 is 35.2. The highest BCUT2D eigenvalue weighted by molar-refractivity contribution is 5.88. The molecule has 0 aromatic heterocycles. The molecule has 82 valence electrons. The van der Waals surface area contributed by atoms with Gasteiger partial charge in [-0.05, 0) is 13.8 Å². The van der Waals surface area contributed by atoms with Gasteiger partial charge < -0.3 is 10.4 Å². The standard InChI is InChI=1S/C8H12F3NO2/c1-5(2)3-7(14)12-4-6(13)8(9,10)11/h3,6,13H,4H2,1-2H3,(H,12,14). The second kappa shape index (κ2) is 4.99. The highest BCUT2D eigenvalue weighted by Gasteiger charge is 2.37. The van der Waals surface area contributed by atoms with Gasteiger partial charge in [0.2, 0.25) is 5.91 Å². The Bertz CT molecular complexity index is 231. The fraction of sp³-hybridized carbons (Fsp3) is 0.625. The molecule has 0 aromatic carbocycles. The highest BCUT2D eigenvalue weighted by Crippen LogP contribution is 2.19. The van der Waals surface area contributed by atoms with Crippen LogP contribution >= 0.6 is 0 Å². The fourth-order valence-corrected chi connectivity index (χ4v) is 0.626. The van der Waals surface area contributed by atoms with E-state index < -0.39 is 24.7 Å². The number of carbonyl (C=O) groups is 1. The summed E-state index contributed by atoms with van der Waals surface area (Å²) in [4.78, 5) is 10.8. The molecule has 1 atom stereocenters. The highest BCUT2D eigenvalue weighted by atomic mass is 19.4. The van der Waals surface area contributed by atoms with Crippen LogP contribution in [-0.4, -0.2) is 29.8 Å². The molecule has 0 fully saturated rings. The molecule has 0 spiro atoms. The number of rotatable bonds is 3. The van der Waals surface area contributed by atoms with Gasteiger partial charge in [0.05, 0.1) is 6.54 Å². The molecule has 0 heterocycles. The summed E-state index contributed by atoms with van der Waals surface area (Å²) in [6, 6.07) is 0. The number of allylic oxidation sites excluding steroid dienone is 1. The molecule has 0 aromatic rings. The van der Waals surface area contributed by atoms with Crippen molar-refractivity contribution in [3.05, 3.63) is 11.6 Å². The lowest BCUT2D eigenvalue weighted by Gasteiger charge is -2.14. The van der Waals surface area contributed by atoms with E-state index in [1.807, 2.05) is 5.32 Å². The van der Waals surface area contributed by atoms with Crippen molar-refractivity contribution in [2.45, 2.75) is 26.1 Å². The van der Waals surface area contributed by atoms with E-state index in [9.17, 15) is 18.0 Å². The lowest BCUT2D eigenvalue weighted by molar-refractivity contribution is -0.201. The second-order valence-corrected chi connectivity index (χ2v) is 3.02. The van der Waals surface area contributed by atoms with E-state index in [0.29, 0.717) is 5.57 Å². The molecule has 0 bridgehead atoms. The Hall–Kier alpha value is -1.04. The number of hydrogen-bond donors (Lipinski definition) is 2. The average Bonchev–Trinajstić information content (AvgIpc) is 1.96. The Balaban J connectivity index is 3.96. The van der Waals surface area contributed by atoms with Crippen LogP contribution in [0, 0.1) is 0 Å². The zero-order valence-electron chi connectivity index (χ0n) is 7.85. The van der Waals surface area contributed by atoms with E-state index in [2.05, 4.69) is 0 Å². The molecular weight excluding hydrogens is 199 g/mol. The first kappa shape index (κ1) is 13.0. The van der Waals surface area contributed by atoms with Crippen LogP contribution in [0.4, 0.5) is 13.2 Å². The first-order chi connectivity index (χ1) is 6.23. The molecule has 14 heavy (non-hydrogen) atoms. The van der Waals surface area contributed by atoms with Crippen molar-refractivity contribution >= 4 is 5.91 Å². The third-order valence-electron chi connectivity index (χ3n) is 1.27. The second-order valence-electron chi connectivity index (χ2n) is 3.02. The maximum Gasteiger partial charge on any atom is 0.416 e. The minimum atomic E-state index is -4.70. The summed E-state index contributed by atoms with van der Waals surface area (Å²) in [5.41, 5.74) is 0.670. The quantitative estimate of drug-likeness (QED) is 0.684. The normalized spacial score (nSPS) is 13.3. The van der Waals surface area contributed by atoms with Gasteiger partial charge in [-0.15, -0.1) is 0 Å². The SMILES string of the molecule is CC(C)=CC(=O)NCC(O)C(F)(F)F. The van der Waals surface area contributed by atoms with Crippen LogP contribution in [0.5, 0.6) is 0 Å². The summed E-state index contributed by atoms with van der Waals surface area (Å²) >= 11 is 0. The van der Waals surface area contributed by atoms with Gasteiger partial charge in [-0.1, -0.05) is 5.57 Å². The molecule has 0 saturated heterocycles. The molecule has 0 radical (unpaired) electrons. The van der Waals surface area contributed by atoms with Crippen molar-refractivity contribution in [1.29, 1.82) is 0 Å². The Kier molecular flexibility index (Phi) is 4.62. The fourth-order valence-electron chi connectivity index (χ4n) is 0.626. The van der Waals surface area contributed by atoms with E-state index >= 15 is 0 Å². The number of carbonyl (C=O) groups excluding carboxylic acids is 1. The topological polar surface area (TPSA) is 49.3 Å². The van der Waals surface area contributed by atoms with Gasteiger partial charge in [-0.25, -0.2) is 0 Å². The molecule has 0 aliphatic carbocycles. The molecule has 1 unspecified atom stereocenters. The predicted octanol–water partition coefficient (Wildman–Crippen LogP) is 0.992. The number of alkyl halides is 3. The van der Waals surface area contributed by atoms with Crippen LogP contribution in [0.25, 0.3) is 0 Å². The van der Waals surface area contributed by atoms with Gasteiger partial charge in [-0.2, -0.15) is 13.2 Å². The van der Waals surface area contributed by atoms with Crippen LogP contribution in [0.2, 0.25) is 0 Å². The number of aliphatic hydroxyl groups excluding tert-OH is 1. The van der Waals surface area contributed by atoms with Gasteiger partial charge in [0.1, 0.15) is 0 Å². The van der Waals surface area contributed by atoms with E-state index in [0.717, 1.165) is 6.08 Å². The molecule has 0 saturated carbocycles. The van der Waals surface area contributed by atoms with Crippen LogP contribution in [0.3, 0.4) is 0 Å².